The molecule has 0 saturated carbocycles. The van der Waals surface area contributed by atoms with E-state index >= 15 is 4.39 Å². The number of nitrogens with zero attached hydrogens (tertiary/aromatic N) is 2. The second-order valence-electron chi connectivity index (χ2n) is 8.99. The zero-order valence-electron chi connectivity index (χ0n) is 18.5. The normalized spacial score (nSPS) is 21.8. The largest absolute Gasteiger partial charge is 0.521 e. The minimum atomic E-state index is -1.37. The molecule has 2 atom stereocenters. The number of aromatic nitrogens is 1. The van der Waals surface area contributed by atoms with Crippen LogP contribution in [0.25, 0.3) is 10.9 Å². The number of carbonyl (C=O) groups excluding carboxylic acids is 1. The molecule has 0 aliphatic carbocycles. The van der Waals surface area contributed by atoms with E-state index in [1.165, 1.54) is 12.3 Å². The van der Waals surface area contributed by atoms with Crippen molar-refractivity contribution >= 4 is 28.7 Å². The number of hydrogen-bond donors (Lipinski definition) is 2. The summed E-state index contributed by atoms with van der Waals surface area (Å²) in [5.74, 6) is -2.11. The monoisotopic (exact) mass is 434 g/mol. The number of rotatable bonds is 3. The number of benzene rings is 1. The molecule has 0 bridgehead atoms. The maximum atomic E-state index is 15.5. The van der Waals surface area contributed by atoms with Crippen LogP contribution >= 0.6 is 0 Å². The Labute approximate surface area is 179 Å². The van der Waals surface area contributed by atoms with E-state index in [9.17, 15) is 19.5 Å². The lowest BCUT2D eigenvalue weighted by atomic mass is 10.1. The molecule has 31 heavy (non-hydrogen) atoms. The number of carbonyl (C=O) groups is 2. The number of carboxylic acids is 1. The smallest absolute Gasteiger partial charge is 0.477 e. The van der Waals surface area contributed by atoms with E-state index in [1.807, 2.05) is 6.92 Å². The highest BCUT2D eigenvalue weighted by Gasteiger charge is 2.48. The third kappa shape index (κ3) is 4.20. The lowest BCUT2D eigenvalue weighted by Gasteiger charge is -2.41. The summed E-state index contributed by atoms with van der Waals surface area (Å²) < 4.78 is 22.4. The van der Waals surface area contributed by atoms with Crippen molar-refractivity contribution in [1.29, 1.82) is 0 Å². The number of aromatic carboxylic acids is 1. The molecule has 1 saturated heterocycles. The molecule has 8 nitrogen and oxygen atoms in total. The van der Waals surface area contributed by atoms with E-state index in [0.717, 1.165) is 6.07 Å². The second-order valence-corrected chi connectivity index (χ2v) is 8.99. The van der Waals surface area contributed by atoms with E-state index in [2.05, 4.69) is 5.32 Å². The second kappa shape index (κ2) is 8.05. The van der Waals surface area contributed by atoms with Crippen LogP contribution < -0.4 is 15.2 Å². The van der Waals surface area contributed by atoms with Crippen molar-refractivity contribution in [3.05, 3.63) is 39.9 Å². The van der Waals surface area contributed by atoms with Crippen LogP contribution in [0.2, 0.25) is 0 Å². The highest BCUT2D eigenvalue weighted by Crippen LogP contribution is 2.34. The number of carboxylic acid groups (broad SMARTS) is 1. The third-order valence-electron chi connectivity index (χ3n) is 5.50. The van der Waals surface area contributed by atoms with Crippen LogP contribution in [0.15, 0.2) is 23.1 Å². The van der Waals surface area contributed by atoms with Crippen LogP contribution in [-0.4, -0.2) is 53.0 Å². The molecular formula is C22H29FN3O5+. The molecule has 0 radical (unpaired) electrons. The van der Waals surface area contributed by atoms with Gasteiger partial charge in [-0.3, -0.25) is 4.79 Å². The molecule has 2 heterocycles. The number of amides is 1. The molecule has 1 aromatic heterocycles. The summed E-state index contributed by atoms with van der Waals surface area (Å²) in [5.41, 5.74) is -1.45. The van der Waals surface area contributed by atoms with Crippen molar-refractivity contribution in [2.24, 2.45) is 0 Å². The van der Waals surface area contributed by atoms with Gasteiger partial charge in [0.2, 0.25) is 5.43 Å². The van der Waals surface area contributed by atoms with Crippen LogP contribution in [0, 0.1) is 5.82 Å². The minimum Gasteiger partial charge on any atom is -0.477 e. The van der Waals surface area contributed by atoms with Gasteiger partial charge in [-0.2, -0.15) is 9.28 Å². The average molecular weight is 434 g/mol. The Morgan fingerprint density at radius 2 is 2.03 bits per heavy atom. The molecule has 1 aliphatic heterocycles. The number of quaternary nitrogens is 1. The fourth-order valence-corrected chi connectivity index (χ4v) is 4.10. The molecule has 3 rings (SSSR count). The number of pyridine rings is 1. The third-order valence-corrected chi connectivity index (χ3v) is 5.50. The molecule has 9 heteroatoms. The Morgan fingerprint density at radius 3 is 2.58 bits per heavy atom. The molecule has 1 aromatic carbocycles. The SMILES string of the molecule is CCn1cc(C(=O)O)c(=O)c2cc(F)c([N+]3(C(=O)OC(C)(C)C)CCNC(C)C3)cc21. The number of halogens is 1. The van der Waals surface area contributed by atoms with Gasteiger partial charge in [0.1, 0.15) is 24.3 Å². The molecule has 0 spiro atoms. The van der Waals surface area contributed by atoms with Crippen molar-refractivity contribution in [3.8, 4) is 0 Å². The quantitative estimate of drug-likeness (QED) is 0.721. The Bertz CT molecular complexity index is 1100. The average Bonchev–Trinajstić information content (AvgIpc) is 2.66. The van der Waals surface area contributed by atoms with Gasteiger partial charge in [0.15, 0.2) is 11.5 Å². The van der Waals surface area contributed by atoms with Gasteiger partial charge in [-0.1, -0.05) is 0 Å². The van der Waals surface area contributed by atoms with Gasteiger partial charge < -0.3 is 19.7 Å². The van der Waals surface area contributed by atoms with E-state index in [-0.39, 0.29) is 34.7 Å². The fraction of sp³-hybridized carbons (Fsp3) is 0.500. The first kappa shape index (κ1) is 22.9. The molecule has 1 amide bonds. The van der Waals surface area contributed by atoms with Gasteiger partial charge in [-0.05, 0) is 40.7 Å². The Hall–Kier alpha value is -2.78. The van der Waals surface area contributed by atoms with Crippen LogP contribution in [0.1, 0.15) is 45.0 Å². The van der Waals surface area contributed by atoms with Gasteiger partial charge >= 0.3 is 12.1 Å². The Kier molecular flexibility index (Phi) is 5.94. The summed E-state index contributed by atoms with van der Waals surface area (Å²) in [5, 5.41) is 12.6. The number of ether oxygens (including phenoxy) is 1. The van der Waals surface area contributed by atoms with Crippen molar-refractivity contribution in [1.82, 2.24) is 14.4 Å². The summed E-state index contributed by atoms with van der Waals surface area (Å²) in [6.07, 6.45) is 0.694. The summed E-state index contributed by atoms with van der Waals surface area (Å²) in [6.45, 7) is 10.4. The van der Waals surface area contributed by atoms with E-state index < -0.39 is 34.5 Å². The Balaban J connectivity index is 2.30. The number of hydrogen-bond acceptors (Lipinski definition) is 5. The molecule has 2 N–H and O–H groups in total. The number of piperazine rings is 1. The zero-order valence-corrected chi connectivity index (χ0v) is 18.5. The van der Waals surface area contributed by atoms with Crippen molar-refractivity contribution in [3.63, 3.8) is 0 Å². The van der Waals surface area contributed by atoms with Crippen LogP contribution in [-0.2, 0) is 11.3 Å². The molecule has 1 aliphatic rings. The first-order valence-electron chi connectivity index (χ1n) is 10.3. The first-order valence-corrected chi connectivity index (χ1v) is 10.3. The lowest BCUT2D eigenvalue weighted by molar-refractivity contribution is 0.0208. The zero-order chi connectivity index (χ0) is 23.1. The highest BCUT2D eigenvalue weighted by molar-refractivity contribution is 5.94. The van der Waals surface area contributed by atoms with Gasteiger partial charge in [-0.25, -0.2) is 9.18 Å². The van der Waals surface area contributed by atoms with E-state index in [4.69, 9.17) is 4.74 Å². The summed E-state index contributed by atoms with van der Waals surface area (Å²) >= 11 is 0. The number of nitrogens with one attached hydrogen (secondary N) is 1. The standard InChI is InChI=1S/C22H28FN3O5/c1-6-25-11-15(20(28)29)19(27)14-9-16(23)18(10-17(14)25)26(8-7-24-13(2)12-26)21(30)31-22(3,4)5/h9-11,13,24H,6-8,12H2,1-5H3/p+1. The number of fused-ring (bicyclic) bond motifs is 1. The predicted octanol–water partition coefficient (Wildman–Crippen LogP) is 3.09. The molecular weight excluding hydrogens is 405 g/mol. The van der Waals surface area contributed by atoms with Crippen LogP contribution in [0.4, 0.5) is 14.9 Å². The maximum absolute atomic E-state index is 15.5. The van der Waals surface area contributed by atoms with Gasteiger partial charge in [-0.15, -0.1) is 0 Å². The summed E-state index contributed by atoms with van der Waals surface area (Å²) in [6, 6.07) is 2.46. The molecule has 168 valence electrons. The van der Waals surface area contributed by atoms with Crippen molar-refractivity contribution in [2.75, 3.05) is 19.6 Å². The summed E-state index contributed by atoms with van der Waals surface area (Å²) in [7, 11) is 0. The van der Waals surface area contributed by atoms with Gasteiger partial charge in [0, 0.05) is 30.7 Å². The maximum Gasteiger partial charge on any atom is 0.521 e. The van der Waals surface area contributed by atoms with E-state index in [1.54, 1.807) is 32.3 Å². The number of aryl methyl sites for hydroxylation is 1. The van der Waals surface area contributed by atoms with Gasteiger partial charge in [0.05, 0.1) is 11.6 Å². The van der Waals surface area contributed by atoms with Crippen molar-refractivity contribution in [2.45, 2.75) is 52.8 Å². The lowest BCUT2D eigenvalue weighted by Crippen LogP contribution is -2.67. The molecule has 2 aromatic rings. The minimum absolute atomic E-state index is 0.0338. The molecule has 2 unspecified atom stereocenters. The van der Waals surface area contributed by atoms with Gasteiger partial charge in [0.25, 0.3) is 0 Å². The summed E-state index contributed by atoms with van der Waals surface area (Å²) in [4.78, 5) is 37.5. The fourth-order valence-electron chi connectivity index (χ4n) is 4.10. The predicted molar refractivity (Wildman–Crippen MR) is 116 cm³/mol. The van der Waals surface area contributed by atoms with E-state index in [0.29, 0.717) is 18.6 Å². The van der Waals surface area contributed by atoms with Crippen LogP contribution in [0.3, 0.4) is 0 Å². The highest BCUT2D eigenvalue weighted by atomic mass is 19.1. The molecule has 1 fully saturated rings. The topological polar surface area (TPSA) is 97.6 Å². The van der Waals surface area contributed by atoms with Crippen molar-refractivity contribution < 1.29 is 23.8 Å². The van der Waals surface area contributed by atoms with Crippen LogP contribution in [0.5, 0.6) is 0 Å². The Morgan fingerprint density at radius 1 is 1.35 bits per heavy atom. The first-order chi connectivity index (χ1) is 14.4.